The molecule has 1 N–H and O–H groups in total. The number of sulfonamides is 1. The summed E-state index contributed by atoms with van der Waals surface area (Å²) in [4.78, 5) is 15.1. The van der Waals surface area contributed by atoms with Crippen LogP contribution in [-0.4, -0.2) is 27.5 Å². The average Bonchev–Trinajstić information content (AvgIpc) is 2.74. The molecule has 0 bridgehead atoms. The molecule has 0 unspecified atom stereocenters. The normalized spacial score (nSPS) is 16.0. The lowest BCUT2D eigenvalue weighted by atomic mass is 9.92. The lowest BCUT2D eigenvalue weighted by Gasteiger charge is -2.29. The van der Waals surface area contributed by atoms with Gasteiger partial charge in [0.25, 0.3) is 10.0 Å². The highest BCUT2D eigenvalue weighted by atomic mass is 32.2. The Balaban J connectivity index is 1.99. The number of rotatable bonds is 5. The lowest BCUT2D eigenvalue weighted by Crippen LogP contribution is -2.43. The van der Waals surface area contributed by atoms with Crippen LogP contribution in [0.5, 0.6) is 5.75 Å². The van der Waals surface area contributed by atoms with Crippen molar-refractivity contribution in [2.24, 2.45) is 11.3 Å². The number of nitrogens with one attached hydrogen (secondary N) is 1. The summed E-state index contributed by atoms with van der Waals surface area (Å²) in [6, 6.07) is 8.66. The molecule has 0 saturated heterocycles. The number of anilines is 2. The molecule has 0 saturated carbocycles. The first-order valence-electron chi connectivity index (χ1n) is 10.5. The van der Waals surface area contributed by atoms with Crippen LogP contribution in [0.25, 0.3) is 0 Å². The molecule has 0 aromatic heterocycles. The van der Waals surface area contributed by atoms with Crippen LogP contribution in [0.1, 0.15) is 44.4 Å². The number of benzene rings is 2. The van der Waals surface area contributed by atoms with E-state index in [9.17, 15) is 13.2 Å². The molecule has 6 nitrogen and oxygen atoms in total. The molecule has 1 heterocycles. The predicted octanol–water partition coefficient (Wildman–Crippen LogP) is 4.82. The second-order valence-corrected chi connectivity index (χ2v) is 11.1. The molecular formula is C24H32N2O4S. The molecule has 7 heteroatoms. The third-order valence-corrected chi connectivity index (χ3v) is 7.07. The Morgan fingerprint density at radius 1 is 1.06 bits per heavy atom. The number of hydrogen-bond donors (Lipinski definition) is 1. The summed E-state index contributed by atoms with van der Waals surface area (Å²) in [6.07, 6.45) is 0. The summed E-state index contributed by atoms with van der Waals surface area (Å²) in [6.45, 7) is 14.3. The van der Waals surface area contributed by atoms with Gasteiger partial charge < -0.3 is 9.64 Å². The third-order valence-electron chi connectivity index (χ3n) is 5.54. The molecule has 0 radical (unpaired) electrons. The van der Waals surface area contributed by atoms with E-state index in [-0.39, 0.29) is 23.3 Å². The van der Waals surface area contributed by atoms with Crippen molar-refractivity contribution in [3.8, 4) is 5.75 Å². The molecular weight excluding hydrogens is 412 g/mol. The fraction of sp³-hybridized carbons (Fsp3) is 0.458. The summed E-state index contributed by atoms with van der Waals surface area (Å²) in [5.41, 5.74) is 3.04. The SMILES string of the molecule is Cc1cc(C)c(S(=O)(=O)Nc2ccc3c(c2)OCC(C)(C)C(=O)N3CC(C)C)cc1C. The van der Waals surface area contributed by atoms with Crippen molar-refractivity contribution in [2.45, 2.75) is 53.4 Å². The molecule has 168 valence electrons. The maximum absolute atomic E-state index is 13.1. The van der Waals surface area contributed by atoms with Crippen LogP contribution in [0.3, 0.4) is 0 Å². The van der Waals surface area contributed by atoms with Gasteiger partial charge in [-0.25, -0.2) is 8.42 Å². The highest BCUT2D eigenvalue weighted by molar-refractivity contribution is 7.92. The van der Waals surface area contributed by atoms with E-state index in [1.165, 1.54) is 0 Å². The number of carbonyl (C=O) groups excluding carboxylic acids is 1. The molecule has 0 aliphatic carbocycles. The highest BCUT2D eigenvalue weighted by Crippen LogP contribution is 2.39. The van der Waals surface area contributed by atoms with E-state index in [2.05, 4.69) is 18.6 Å². The standard InChI is InChI=1S/C24H32N2O4S/c1-15(2)13-26-20-9-8-19(12-21(20)30-14-24(6,7)23(26)27)25-31(28,29)22-11-17(4)16(3)10-18(22)5/h8-12,15,25H,13-14H2,1-7H3. The van der Waals surface area contributed by atoms with Crippen LogP contribution in [0, 0.1) is 32.1 Å². The van der Waals surface area contributed by atoms with E-state index in [0.717, 1.165) is 11.1 Å². The van der Waals surface area contributed by atoms with E-state index in [0.29, 0.717) is 29.2 Å². The fourth-order valence-electron chi connectivity index (χ4n) is 3.69. The lowest BCUT2D eigenvalue weighted by molar-refractivity contribution is -0.127. The Bertz CT molecular complexity index is 1120. The molecule has 0 fully saturated rings. The van der Waals surface area contributed by atoms with E-state index in [1.54, 1.807) is 36.1 Å². The Hall–Kier alpha value is -2.54. The third kappa shape index (κ3) is 4.71. The van der Waals surface area contributed by atoms with Crippen molar-refractivity contribution in [2.75, 3.05) is 22.8 Å². The molecule has 2 aromatic carbocycles. The minimum Gasteiger partial charge on any atom is -0.490 e. The van der Waals surface area contributed by atoms with Gasteiger partial charge in [0.1, 0.15) is 12.4 Å². The first-order chi connectivity index (χ1) is 14.3. The smallest absolute Gasteiger partial charge is 0.262 e. The van der Waals surface area contributed by atoms with Gasteiger partial charge in [-0.2, -0.15) is 0 Å². The van der Waals surface area contributed by atoms with Gasteiger partial charge in [0.05, 0.1) is 21.7 Å². The summed E-state index contributed by atoms with van der Waals surface area (Å²) in [7, 11) is -3.77. The zero-order valence-corrected chi connectivity index (χ0v) is 20.2. The second kappa shape index (κ2) is 8.19. The Labute approximate surface area is 185 Å². The molecule has 0 atom stereocenters. The summed E-state index contributed by atoms with van der Waals surface area (Å²) in [5.74, 6) is 0.771. The van der Waals surface area contributed by atoms with Gasteiger partial charge in [-0.05, 0) is 75.4 Å². The largest absolute Gasteiger partial charge is 0.490 e. The van der Waals surface area contributed by atoms with E-state index < -0.39 is 15.4 Å². The number of amides is 1. The second-order valence-electron chi connectivity index (χ2n) is 9.47. The van der Waals surface area contributed by atoms with E-state index in [1.807, 2.05) is 33.8 Å². The Morgan fingerprint density at radius 2 is 1.71 bits per heavy atom. The number of aryl methyl sites for hydroxylation is 3. The number of ether oxygens (including phenoxy) is 1. The molecule has 31 heavy (non-hydrogen) atoms. The summed E-state index contributed by atoms with van der Waals surface area (Å²) >= 11 is 0. The van der Waals surface area contributed by atoms with E-state index >= 15 is 0 Å². The Kier molecular flexibility index (Phi) is 6.11. The first kappa shape index (κ1) is 23.1. The van der Waals surface area contributed by atoms with Gasteiger partial charge in [-0.15, -0.1) is 0 Å². The van der Waals surface area contributed by atoms with Crippen molar-refractivity contribution < 1.29 is 17.9 Å². The fourth-order valence-corrected chi connectivity index (χ4v) is 5.05. The van der Waals surface area contributed by atoms with Gasteiger partial charge >= 0.3 is 0 Å². The maximum Gasteiger partial charge on any atom is 0.262 e. The van der Waals surface area contributed by atoms with Crippen molar-refractivity contribution >= 4 is 27.3 Å². The van der Waals surface area contributed by atoms with Crippen LogP contribution in [-0.2, 0) is 14.8 Å². The van der Waals surface area contributed by atoms with Crippen LogP contribution < -0.4 is 14.4 Å². The molecule has 3 rings (SSSR count). The van der Waals surface area contributed by atoms with Gasteiger partial charge in [-0.1, -0.05) is 19.9 Å². The van der Waals surface area contributed by atoms with Crippen molar-refractivity contribution in [1.29, 1.82) is 0 Å². The minimum atomic E-state index is -3.77. The van der Waals surface area contributed by atoms with Crippen LogP contribution in [0.2, 0.25) is 0 Å². The van der Waals surface area contributed by atoms with Crippen molar-refractivity contribution in [1.82, 2.24) is 0 Å². The summed E-state index contributed by atoms with van der Waals surface area (Å²) in [5, 5.41) is 0. The van der Waals surface area contributed by atoms with Gasteiger partial charge in [0, 0.05) is 12.6 Å². The molecule has 1 aliphatic rings. The number of fused-ring (bicyclic) bond motifs is 1. The molecule has 2 aromatic rings. The maximum atomic E-state index is 13.1. The van der Waals surface area contributed by atoms with Gasteiger partial charge in [0.2, 0.25) is 5.91 Å². The zero-order valence-electron chi connectivity index (χ0n) is 19.4. The zero-order chi connectivity index (χ0) is 23.1. The van der Waals surface area contributed by atoms with Gasteiger partial charge in [0.15, 0.2) is 0 Å². The molecule has 1 aliphatic heterocycles. The van der Waals surface area contributed by atoms with Crippen LogP contribution in [0.15, 0.2) is 35.2 Å². The number of nitrogens with zero attached hydrogens (tertiary/aromatic N) is 1. The Morgan fingerprint density at radius 3 is 2.35 bits per heavy atom. The average molecular weight is 445 g/mol. The van der Waals surface area contributed by atoms with Crippen LogP contribution in [0.4, 0.5) is 11.4 Å². The number of hydrogen-bond acceptors (Lipinski definition) is 4. The van der Waals surface area contributed by atoms with Crippen molar-refractivity contribution in [3.05, 3.63) is 47.0 Å². The van der Waals surface area contributed by atoms with Gasteiger partial charge in [-0.3, -0.25) is 9.52 Å². The summed E-state index contributed by atoms with van der Waals surface area (Å²) < 4.78 is 34.8. The highest BCUT2D eigenvalue weighted by Gasteiger charge is 2.38. The topological polar surface area (TPSA) is 75.7 Å². The van der Waals surface area contributed by atoms with Crippen molar-refractivity contribution in [3.63, 3.8) is 0 Å². The van der Waals surface area contributed by atoms with Crippen LogP contribution >= 0.6 is 0 Å². The predicted molar refractivity (Wildman–Crippen MR) is 124 cm³/mol. The molecule has 1 amide bonds. The molecule has 0 spiro atoms. The monoisotopic (exact) mass is 444 g/mol. The minimum absolute atomic E-state index is 0.000893. The first-order valence-corrected chi connectivity index (χ1v) is 12.0. The number of carbonyl (C=O) groups is 1. The van der Waals surface area contributed by atoms with E-state index in [4.69, 9.17) is 4.74 Å². The quantitative estimate of drug-likeness (QED) is 0.717.